The van der Waals surface area contributed by atoms with Crippen molar-refractivity contribution in [1.29, 1.82) is 0 Å². The first kappa shape index (κ1) is 10.7. The van der Waals surface area contributed by atoms with Gasteiger partial charge in [0.15, 0.2) is 0 Å². The van der Waals surface area contributed by atoms with Gasteiger partial charge in [-0.25, -0.2) is 0 Å². The van der Waals surface area contributed by atoms with Crippen LogP contribution in [-0.2, 0) is 11.2 Å². The van der Waals surface area contributed by atoms with Gasteiger partial charge in [-0.1, -0.05) is 6.92 Å². The second-order valence-corrected chi connectivity index (χ2v) is 4.33. The molecule has 0 amide bonds. The standard InChI is InChI=1S/C12H19NO2/c1-9-3-6-15-12(9)11(13-2)7-10-4-5-14-8-10/h4-5,8-9,11-13H,3,6-7H2,1-2H3. The van der Waals surface area contributed by atoms with E-state index >= 15 is 0 Å². The molecule has 0 radical (unpaired) electrons. The lowest BCUT2D eigenvalue weighted by Crippen LogP contribution is -2.41. The molecule has 1 aliphatic rings. The Morgan fingerprint density at radius 1 is 1.60 bits per heavy atom. The summed E-state index contributed by atoms with van der Waals surface area (Å²) < 4.78 is 10.9. The van der Waals surface area contributed by atoms with Gasteiger partial charge in [-0.15, -0.1) is 0 Å². The van der Waals surface area contributed by atoms with Crippen LogP contribution in [0.3, 0.4) is 0 Å². The summed E-state index contributed by atoms with van der Waals surface area (Å²) in [6.45, 7) is 3.16. The number of hydrogen-bond acceptors (Lipinski definition) is 3. The number of nitrogens with one attached hydrogen (secondary N) is 1. The predicted octanol–water partition coefficient (Wildman–Crippen LogP) is 1.84. The molecule has 1 N–H and O–H groups in total. The maximum absolute atomic E-state index is 5.77. The smallest absolute Gasteiger partial charge is 0.0935 e. The Bertz CT molecular complexity index is 284. The Kier molecular flexibility index (Phi) is 3.44. The van der Waals surface area contributed by atoms with Crippen LogP contribution in [0.1, 0.15) is 18.9 Å². The van der Waals surface area contributed by atoms with Crippen molar-refractivity contribution in [2.24, 2.45) is 5.92 Å². The van der Waals surface area contributed by atoms with Crippen LogP contribution in [0.15, 0.2) is 23.0 Å². The first-order valence-corrected chi connectivity index (χ1v) is 5.61. The van der Waals surface area contributed by atoms with Crippen LogP contribution < -0.4 is 5.32 Å². The minimum Gasteiger partial charge on any atom is -0.472 e. The van der Waals surface area contributed by atoms with Gasteiger partial charge < -0.3 is 14.5 Å². The molecule has 0 spiro atoms. The van der Waals surface area contributed by atoms with E-state index in [-0.39, 0.29) is 0 Å². The van der Waals surface area contributed by atoms with Crippen molar-refractivity contribution >= 4 is 0 Å². The lowest BCUT2D eigenvalue weighted by molar-refractivity contribution is 0.0633. The van der Waals surface area contributed by atoms with E-state index in [1.807, 2.05) is 19.4 Å². The van der Waals surface area contributed by atoms with Crippen molar-refractivity contribution in [3.05, 3.63) is 24.2 Å². The topological polar surface area (TPSA) is 34.4 Å². The zero-order valence-corrected chi connectivity index (χ0v) is 9.40. The molecule has 0 saturated carbocycles. The second kappa shape index (κ2) is 4.81. The van der Waals surface area contributed by atoms with Crippen LogP contribution in [0.4, 0.5) is 0 Å². The Morgan fingerprint density at radius 2 is 2.47 bits per heavy atom. The molecule has 1 saturated heterocycles. The zero-order valence-electron chi connectivity index (χ0n) is 9.40. The highest BCUT2D eigenvalue weighted by molar-refractivity contribution is 5.08. The Morgan fingerprint density at radius 3 is 3.00 bits per heavy atom. The van der Waals surface area contributed by atoms with Crippen molar-refractivity contribution in [2.75, 3.05) is 13.7 Å². The quantitative estimate of drug-likeness (QED) is 0.821. The highest BCUT2D eigenvalue weighted by Crippen LogP contribution is 2.24. The maximum Gasteiger partial charge on any atom is 0.0935 e. The fourth-order valence-electron chi connectivity index (χ4n) is 2.28. The van der Waals surface area contributed by atoms with Gasteiger partial charge in [0.2, 0.25) is 0 Å². The predicted molar refractivity (Wildman–Crippen MR) is 58.8 cm³/mol. The number of likely N-dealkylation sites (N-methyl/N-ethyl adjacent to an activating group) is 1. The first-order chi connectivity index (χ1) is 7.31. The molecule has 1 aromatic heterocycles. The van der Waals surface area contributed by atoms with Crippen LogP contribution in [0.2, 0.25) is 0 Å². The molecule has 2 rings (SSSR count). The van der Waals surface area contributed by atoms with Crippen LogP contribution >= 0.6 is 0 Å². The molecule has 2 heterocycles. The summed E-state index contributed by atoms with van der Waals surface area (Å²) in [5.41, 5.74) is 1.23. The molecule has 15 heavy (non-hydrogen) atoms. The van der Waals surface area contributed by atoms with Crippen LogP contribution in [0.5, 0.6) is 0 Å². The molecular formula is C12H19NO2. The van der Waals surface area contributed by atoms with Crippen molar-refractivity contribution in [3.8, 4) is 0 Å². The summed E-state index contributed by atoms with van der Waals surface area (Å²) in [5.74, 6) is 0.648. The summed E-state index contributed by atoms with van der Waals surface area (Å²) >= 11 is 0. The molecule has 1 aliphatic heterocycles. The third-order valence-electron chi connectivity index (χ3n) is 3.25. The minimum atomic E-state index is 0.338. The van der Waals surface area contributed by atoms with Gasteiger partial charge in [-0.2, -0.15) is 0 Å². The fraction of sp³-hybridized carbons (Fsp3) is 0.667. The van der Waals surface area contributed by atoms with Crippen LogP contribution in [-0.4, -0.2) is 25.8 Å². The Labute approximate surface area is 90.8 Å². The molecule has 1 fully saturated rings. The van der Waals surface area contributed by atoms with E-state index < -0.39 is 0 Å². The SMILES string of the molecule is CNC(Cc1ccoc1)C1OCCC1C. The van der Waals surface area contributed by atoms with Gasteiger partial charge in [0, 0.05) is 12.6 Å². The van der Waals surface area contributed by atoms with Crippen molar-refractivity contribution in [1.82, 2.24) is 5.32 Å². The summed E-state index contributed by atoms with van der Waals surface area (Å²) in [6.07, 6.45) is 6.02. The van der Waals surface area contributed by atoms with Crippen molar-refractivity contribution in [2.45, 2.75) is 31.9 Å². The third-order valence-corrected chi connectivity index (χ3v) is 3.25. The highest BCUT2D eigenvalue weighted by atomic mass is 16.5. The average Bonchev–Trinajstić information content (AvgIpc) is 2.85. The van der Waals surface area contributed by atoms with Crippen LogP contribution in [0, 0.1) is 5.92 Å². The number of rotatable bonds is 4. The van der Waals surface area contributed by atoms with Gasteiger partial charge in [-0.05, 0) is 37.4 Å². The third kappa shape index (κ3) is 2.41. The molecule has 3 heteroatoms. The van der Waals surface area contributed by atoms with E-state index in [9.17, 15) is 0 Å². The molecule has 3 nitrogen and oxygen atoms in total. The number of furan rings is 1. The number of ether oxygens (including phenoxy) is 1. The Hall–Kier alpha value is -0.800. The van der Waals surface area contributed by atoms with E-state index in [0.717, 1.165) is 13.0 Å². The lowest BCUT2D eigenvalue weighted by atomic mass is 9.94. The molecule has 1 aromatic rings. The molecule has 0 bridgehead atoms. The average molecular weight is 209 g/mol. The minimum absolute atomic E-state index is 0.338. The maximum atomic E-state index is 5.77. The Balaban J connectivity index is 1.97. The molecule has 84 valence electrons. The van der Waals surface area contributed by atoms with Gasteiger partial charge >= 0.3 is 0 Å². The van der Waals surface area contributed by atoms with E-state index in [2.05, 4.69) is 12.2 Å². The monoisotopic (exact) mass is 209 g/mol. The van der Waals surface area contributed by atoms with Crippen molar-refractivity contribution in [3.63, 3.8) is 0 Å². The summed E-state index contributed by atoms with van der Waals surface area (Å²) in [7, 11) is 2.00. The summed E-state index contributed by atoms with van der Waals surface area (Å²) in [6, 6.07) is 2.41. The van der Waals surface area contributed by atoms with Crippen LogP contribution in [0.25, 0.3) is 0 Å². The summed E-state index contributed by atoms with van der Waals surface area (Å²) in [5, 5.41) is 3.35. The fourth-order valence-corrected chi connectivity index (χ4v) is 2.28. The van der Waals surface area contributed by atoms with Crippen molar-refractivity contribution < 1.29 is 9.15 Å². The van der Waals surface area contributed by atoms with E-state index in [4.69, 9.17) is 9.15 Å². The van der Waals surface area contributed by atoms with E-state index in [0.29, 0.717) is 18.1 Å². The zero-order chi connectivity index (χ0) is 10.7. The van der Waals surface area contributed by atoms with Gasteiger partial charge in [0.25, 0.3) is 0 Å². The molecule has 3 atom stereocenters. The molecule has 0 aromatic carbocycles. The number of hydrogen-bond donors (Lipinski definition) is 1. The second-order valence-electron chi connectivity index (χ2n) is 4.33. The molecule has 3 unspecified atom stereocenters. The van der Waals surface area contributed by atoms with E-state index in [1.54, 1.807) is 6.26 Å². The van der Waals surface area contributed by atoms with Gasteiger partial charge in [0.1, 0.15) is 0 Å². The van der Waals surface area contributed by atoms with Gasteiger partial charge in [0.05, 0.1) is 18.6 Å². The molecular weight excluding hydrogens is 190 g/mol. The molecule has 0 aliphatic carbocycles. The largest absolute Gasteiger partial charge is 0.472 e. The van der Waals surface area contributed by atoms with E-state index in [1.165, 1.54) is 12.0 Å². The highest BCUT2D eigenvalue weighted by Gasteiger charge is 2.31. The first-order valence-electron chi connectivity index (χ1n) is 5.61. The lowest BCUT2D eigenvalue weighted by Gasteiger charge is -2.25. The normalized spacial score (nSPS) is 28.1. The van der Waals surface area contributed by atoms with Gasteiger partial charge in [-0.3, -0.25) is 0 Å². The summed E-state index contributed by atoms with van der Waals surface area (Å²) in [4.78, 5) is 0.